The topological polar surface area (TPSA) is 42.4 Å². The number of carbonyl (C=O) groups excluding carboxylic acids is 1. The van der Waals surface area contributed by atoms with Crippen molar-refractivity contribution >= 4 is 17.5 Å². The molecule has 116 valence electrons. The molecule has 0 aliphatic carbocycles. The quantitative estimate of drug-likeness (QED) is 0.784. The molecule has 0 bridgehead atoms. The number of methoxy groups -OCH3 is 1. The van der Waals surface area contributed by atoms with Gasteiger partial charge in [-0.2, -0.15) is 0 Å². The van der Waals surface area contributed by atoms with Gasteiger partial charge in [0.15, 0.2) is 0 Å². The van der Waals surface area contributed by atoms with Gasteiger partial charge in [0.25, 0.3) is 5.91 Å². The summed E-state index contributed by atoms with van der Waals surface area (Å²) in [6.07, 6.45) is 3.98. The van der Waals surface area contributed by atoms with E-state index in [2.05, 4.69) is 11.9 Å². The summed E-state index contributed by atoms with van der Waals surface area (Å²) in [5.74, 6) is 0.484. The monoisotopic (exact) mass is 310 g/mol. The predicted molar refractivity (Wildman–Crippen MR) is 83.7 cm³/mol. The normalized spacial score (nSPS) is 18.8. The number of nitrogens with zero attached hydrogens (tertiary/aromatic N) is 2. The van der Waals surface area contributed by atoms with Crippen LogP contribution in [0.5, 0.6) is 0 Å². The summed E-state index contributed by atoms with van der Waals surface area (Å²) >= 11 is 6.05. The summed E-state index contributed by atoms with van der Waals surface area (Å²) in [5, 5.41) is 0.398. The molecule has 1 unspecified atom stereocenters. The molecular formula is C16H23ClN2O2. The predicted octanol–water partition coefficient (Wildman–Crippen LogP) is 3.19. The first kappa shape index (κ1) is 16.2. The van der Waals surface area contributed by atoms with Gasteiger partial charge in [-0.05, 0) is 37.3 Å². The van der Waals surface area contributed by atoms with Crippen LogP contribution in [0.2, 0.25) is 5.15 Å². The fourth-order valence-electron chi connectivity index (χ4n) is 2.86. The molecule has 1 saturated heterocycles. The van der Waals surface area contributed by atoms with Crippen molar-refractivity contribution in [1.82, 2.24) is 9.88 Å². The average Bonchev–Trinajstić information content (AvgIpc) is 2.47. The van der Waals surface area contributed by atoms with Crippen molar-refractivity contribution in [3.8, 4) is 0 Å². The molecular weight excluding hydrogens is 288 g/mol. The highest BCUT2D eigenvalue weighted by Crippen LogP contribution is 2.20. The lowest BCUT2D eigenvalue weighted by molar-refractivity contribution is 0.0570. The van der Waals surface area contributed by atoms with Crippen LogP contribution in [0.25, 0.3) is 0 Å². The molecule has 0 aromatic carbocycles. The van der Waals surface area contributed by atoms with Gasteiger partial charge in [0.2, 0.25) is 0 Å². The Bertz CT molecular complexity index is 491. The number of aryl methyl sites for hydroxylation is 1. The zero-order valence-electron chi connectivity index (χ0n) is 12.8. The number of hydrogen-bond acceptors (Lipinski definition) is 3. The molecule has 0 radical (unpaired) electrons. The third-order valence-corrected chi connectivity index (χ3v) is 4.00. The van der Waals surface area contributed by atoms with Crippen LogP contribution in [0.4, 0.5) is 0 Å². The fraction of sp³-hybridized carbons (Fsp3) is 0.625. The van der Waals surface area contributed by atoms with Crippen LogP contribution >= 0.6 is 11.6 Å². The van der Waals surface area contributed by atoms with Crippen molar-refractivity contribution in [3.05, 3.63) is 28.5 Å². The standard InChI is InChI=1S/C16H23ClN2O2/c1-3-5-14-8-13(9-15(17)18-14)16(20)19-7-4-6-12(10-19)11-21-2/h8-9,12H,3-7,10-11H2,1-2H3. The van der Waals surface area contributed by atoms with Crippen molar-refractivity contribution in [2.45, 2.75) is 32.6 Å². The maximum atomic E-state index is 12.7. The minimum atomic E-state index is 0.0532. The van der Waals surface area contributed by atoms with Crippen LogP contribution in [0.1, 0.15) is 42.2 Å². The first-order chi connectivity index (χ1) is 10.1. The van der Waals surface area contributed by atoms with E-state index < -0.39 is 0 Å². The van der Waals surface area contributed by atoms with E-state index in [4.69, 9.17) is 16.3 Å². The summed E-state index contributed by atoms with van der Waals surface area (Å²) in [5.41, 5.74) is 1.54. The number of carbonyl (C=O) groups is 1. The Morgan fingerprint density at radius 2 is 2.33 bits per heavy atom. The number of piperidine rings is 1. The third kappa shape index (κ3) is 4.42. The molecule has 1 amide bonds. The summed E-state index contributed by atoms with van der Waals surface area (Å²) in [6.45, 7) is 4.36. The van der Waals surface area contributed by atoms with Gasteiger partial charge in [-0.25, -0.2) is 4.98 Å². The highest BCUT2D eigenvalue weighted by Gasteiger charge is 2.24. The second-order valence-electron chi connectivity index (χ2n) is 5.63. The zero-order valence-corrected chi connectivity index (χ0v) is 13.5. The summed E-state index contributed by atoms with van der Waals surface area (Å²) in [6, 6.07) is 3.54. The number of halogens is 1. The first-order valence-electron chi connectivity index (χ1n) is 7.58. The van der Waals surface area contributed by atoms with Crippen molar-refractivity contribution in [3.63, 3.8) is 0 Å². The first-order valence-corrected chi connectivity index (χ1v) is 7.96. The van der Waals surface area contributed by atoms with E-state index in [9.17, 15) is 4.79 Å². The molecule has 1 aliphatic rings. The minimum absolute atomic E-state index is 0.0532. The number of likely N-dealkylation sites (tertiary alicyclic amines) is 1. The Kier molecular flexibility index (Phi) is 6.00. The molecule has 2 rings (SSSR count). The SMILES string of the molecule is CCCc1cc(C(=O)N2CCCC(COC)C2)cc(Cl)n1. The number of amides is 1. The van der Waals surface area contributed by atoms with Crippen molar-refractivity contribution in [2.24, 2.45) is 5.92 Å². The van der Waals surface area contributed by atoms with Crippen LogP contribution in [-0.2, 0) is 11.2 Å². The van der Waals surface area contributed by atoms with Gasteiger partial charge in [-0.1, -0.05) is 24.9 Å². The third-order valence-electron chi connectivity index (χ3n) is 3.81. The van der Waals surface area contributed by atoms with Crippen molar-refractivity contribution in [2.75, 3.05) is 26.8 Å². The molecule has 1 atom stereocenters. The van der Waals surface area contributed by atoms with Gasteiger partial charge in [0.05, 0.1) is 6.61 Å². The molecule has 1 fully saturated rings. The Labute approximate surface area is 131 Å². The van der Waals surface area contributed by atoms with Crippen LogP contribution in [-0.4, -0.2) is 42.6 Å². The second-order valence-corrected chi connectivity index (χ2v) is 6.02. The Balaban J connectivity index is 2.11. The summed E-state index contributed by atoms with van der Waals surface area (Å²) in [7, 11) is 1.71. The van der Waals surface area contributed by atoms with E-state index in [1.807, 2.05) is 11.0 Å². The summed E-state index contributed by atoms with van der Waals surface area (Å²) < 4.78 is 5.22. The lowest BCUT2D eigenvalue weighted by Gasteiger charge is -2.32. The van der Waals surface area contributed by atoms with E-state index in [0.717, 1.165) is 44.5 Å². The Morgan fingerprint density at radius 3 is 3.05 bits per heavy atom. The largest absolute Gasteiger partial charge is 0.384 e. The molecule has 1 aliphatic heterocycles. The van der Waals surface area contributed by atoms with Gasteiger partial charge in [0.1, 0.15) is 5.15 Å². The van der Waals surface area contributed by atoms with Crippen molar-refractivity contribution in [1.29, 1.82) is 0 Å². The number of rotatable bonds is 5. The number of ether oxygens (including phenoxy) is 1. The van der Waals surface area contributed by atoms with Gasteiger partial charge >= 0.3 is 0 Å². The smallest absolute Gasteiger partial charge is 0.254 e. The molecule has 0 spiro atoms. The molecule has 0 saturated carbocycles. The van der Waals surface area contributed by atoms with Gasteiger partial charge in [0, 0.05) is 31.5 Å². The Hall–Kier alpha value is -1.13. The molecule has 21 heavy (non-hydrogen) atoms. The maximum absolute atomic E-state index is 12.7. The average molecular weight is 311 g/mol. The minimum Gasteiger partial charge on any atom is -0.384 e. The molecule has 2 heterocycles. The van der Waals surface area contributed by atoms with Gasteiger partial charge in [-0.15, -0.1) is 0 Å². The molecule has 1 aromatic rings. The van der Waals surface area contributed by atoms with E-state index >= 15 is 0 Å². The van der Waals surface area contributed by atoms with E-state index in [1.165, 1.54) is 0 Å². The lowest BCUT2D eigenvalue weighted by Crippen LogP contribution is -2.41. The van der Waals surface area contributed by atoms with E-state index in [0.29, 0.717) is 23.2 Å². The number of hydrogen-bond donors (Lipinski definition) is 0. The molecule has 1 aromatic heterocycles. The summed E-state index contributed by atoms with van der Waals surface area (Å²) in [4.78, 5) is 18.8. The highest BCUT2D eigenvalue weighted by molar-refractivity contribution is 6.29. The van der Waals surface area contributed by atoms with E-state index in [1.54, 1.807) is 13.2 Å². The number of aromatic nitrogens is 1. The molecule has 5 heteroatoms. The van der Waals surface area contributed by atoms with Gasteiger partial charge in [-0.3, -0.25) is 4.79 Å². The second kappa shape index (κ2) is 7.76. The van der Waals surface area contributed by atoms with Crippen LogP contribution < -0.4 is 0 Å². The molecule has 4 nitrogen and oxygen atoms in total. The van der Waals surface area contributed by atoms with Crippen LogP contribution in [0, 0.1) is 5.92 Å². The fourth-order valence-corrected chi connectivity index (χ4v) is 3.09. The molecule has 0 N–H and O–H groups in total. The highest BCUT2D eigenvalue weighted by atomic mass is 35.5. The Morgan fingerprint density at radius 1 is 1.52 bits per heavy atom. The number of pyridine rings is 1. The van der Waals surface area contributed by atoms with Gasteiger partial charge < -0.3 is 9.64 Å². The maximum Gasteiger partial charge on any atom is 0.254 e. The van der Waals surface area contributed by atoms with Crippen LogP contribution in [0.15, 0.2) is 12.1 Å². The van der Waals surface area contributed by atoms with Crippen LogP contribution in [0.3, 0.4) is 0 Å². The van der Waals surface area contributed by atoms with Crippen molar-refractivity contribution < 1.29 is 9.53 Å². The van der Waals surface area contributed by atoms with E-state index in [-0.39, 0.29) is 5.91 Å². The zero-order chi connectivity index (χ0) is 15.2. The lowest BCUT2D eigenvalue weighted by atomic mass is 9.98.